The molecule has 0 bridgehead atoms. The summed E-state index contributed by atoms with van der Waals surface area (Å²) in [6.07, 6.45) is 0. The highest BCUT2D eigenvalue weighted by Crippen LogP contribution is 2.38. The average molecular weight is 736 g/mol. The molecule has 0 N–H and O–H groups in total. The van der Waals surface area contributed by atoms with E-state index in [9.17, 15) is 5.48 Å². The quantitative estimate of drug-likeness (QED) is 0.171. The fourth-order valence-corrected chi connectivity index (χ4v) is 6.74. The van der Waals surface area contributed by atoms with E-state index >= 15 is 0 Å². The molecule has 0 spiro atoms. The number of hydrogen-bond donors (Lipinski definition) is 0. The first-order valence-corrected chi connectivity index (χ1v) is 17.2. The summed E-state index contributed by atoms with van der Waals surface area (Å²) in [6, 6.07) is 10.7. The van der Waals surface area contributed by atoms with Crippen LogP contribution in [0.4, 0.5) is 0 Å². The largest absolute Gasteiger partial charge is 0.455 e. The molecule has 3 aromatic heterocycles. The zero-order valence-electron chi connectivity index (χ0n) is 47.7. The van der Waals surface area contributed by atoms with Crippen molar-refractivity contribution in [3.8, 4) is 62.1 Å². The monoisotopic (exact) mass is 735 g/mol. The van der Waals surface area contributed by atoms with Gasteiger partial charge in [-0.1, -0.05) is 151 Å². The van der Waals surface area contributed by atoms with Crippen LogP contribution in [0.5, 0.6) is 0 Å². The molecule has 11 rings (SSSR count). The third-order valence-electron chi connectivity index (χ3n) is 9.33. The molecule has 0 radical (unpaired) electrons. The summed E-state index contributed by atoms with van der Waals surface area (Å²) >= 11 is 0. The summed E-state index contributed by atoms with van der Waals surface area (Å²) in [6.45, 7) is 0. The van der Waals surface area contributed by atoms with E-state index in [4.69, 9.17) is 34.9 Å². The second kappa shape index (κ2) is 13.0. The minimum atomic E-state index is -0.821. The lowest BCUT2D eigenvalue weighted by Gasteiger charge is -2.11. The first-order valence-electron chi connectivity index (χ1n) is 26.7. The van der Waals surface area contributed by atoms with Gasteiger partial charge >= 0.3 is 0 Å². The van der Waals surface area contributed by atoms with Gasteiger partial charge in [0.2, 0.25) is 0 Å². The van der Waals surface area contributed by atoms with E-state index in [0.29, 0.717) is 5.56 Å². The molecule has 5 heteroatoms. The van der Waals surface area contributed by atoms with Crippen molar-refractivity contribution in [3.63, 3.8) is 0 Å². The Balaban J connectivity index is 1.25. The number of aromatic nitrogens is 4. The molecule has 0 fully saturated rings. The second-order valence-corrected chi connectivity index (χ2v) is 12.6. The van der Waals surface area contributed by atoms with Crippen molar-refractivity contribution in [2.24, 2.45) is 0 Å². The number of para-hydroxylation sites is 4. The summed E-state index contributed by atoms with van der Waals surface area (Å²) in [4.78, 5) is 14.1. The Kier molecular flexibility index (Phi) is 4.22. The van der Waals surface area contributed by atoms with E-state index in [1.54, 1.807) is 24.3 Å². The van der Waals surface area contributed by atoms with Crippen LogP contribution < -0.4 is 0 Å². The van der Waals surface area contributed by atoms with Crippen LogP contribution in [0.1, 0.15) is 26.0 Å². The Morgan fingerprint density at radius 2 is 1.05 bits per heavy atom. The zero-order chi connectivity index (χ0) is 53.5. The molecule has 262 valence electrons. The molecule has 0 saturated heterocycles. The van der Waals surface area contributed by atoms with Crippen molar-refractivity contribution < 1.29 is 30.5 Å². The predicted molar refractivity (Wildman–Crippen MR) is 229 cm³/mol. The average Bonchev–Trinajstić information content (AvgIpc) is 4.05. The minimum absolute atomic E-state index is 0.176. The number of benzene rings is 8. The van der Waals surface area contributed by atoms with Crippen LogP contribution in [0.2, 0.25) is 0 Å². The van der Waals surface area contributed by atoms with Gasteiger partial charge in [0.25, 0.3) is 0 Å². The maximum atomic E-state index is 9.94. The van der Waals surface area contributed by atoms with Gasteiger partial charge < -0.3 is 8.98 Å². The van der Waals surface area contributed by atoms with E-state index in [0.717, 1.165) is 26.8 Å². The summed E-state index contributed by atoms with van der Waals surface area (Å²) in [7, 11) is 0. The molecule has 0 atom stereocenters. The smallest absolute Gasteiger partial charge is 0.167 e. The number of furan rings is 1. The maximum absolute atomic E-state index is 9.94. The minimum Gasteiger partial charge on any atom is -0.455 e. The highest BCUT2D eigenvalue weighted by molar-refractivity contribution is 6.11. The number of hydrogen-bond acceptors (Lipinski definition) is 4. The van der Waals surface area contributed by atoms with Gasteiger partial charge in [-0.2, -0.15) is 0 Å². The lowest BCUT2D eigenvalue weighted by molar-refractivity contribution is 0.669. The Bertz CT molecular complexity index is 4320. The van der Waals surface area contributed by atoms with Gasteiger partial charge in [0.15, 0.2) is 17.5 Å². The van der Waals surface area contributed by atoms with Gasteiger partial charge in [0.05, 0.1) is 42.6 Å². The normalized spacial score (nSPS) is 16.3. The molecule has 0 aliphatic carbocycles. The SMILES string of the molecule is [2H]c1c([2H])c([2H])c(-n2c3c([2H])c([2H])c([2H])c([2H])c3c3c([2H])c([2H])c(-c4nc(-c5ccc(-c6cccc(-c7ccccc7)c6)cc5)nc(-c5c([2H])c([2H])c([2H])c6c5oc5c([2H])c([2H])c([2H])c([2H])c56)n4)c([2H])c32)c([2H])c1[2H]. The molecular formula is C51H32N4O. The highest BCUT2D eigenvalue weighted by atomic mass is 16.3. The van der Waals surface area contributed by atoms with E-state index in [1.165, 1.54) is 0 Å². The van der Waals surface area contributed by atoms with Crippen molar-refractivity contribution >= 4 is 43.7 Å². The molecule has 3 heterocycles. The second-order valence-electron chi connectivity index (χ2n) is 12.6. The van der Waals surface area contributed by atoms with E-state index < -0.39 is 160 Å². The molecular weight excluding hydrogens is 685 g/mol. The highest BCUT2D eigenvalue weighted by Gasteiger charge is 2.19. The summed E-state index contributed by atoms with van der Waals surface area (Å²) in [5, 5.41) is -1.30. The predicted octanol–water partition coefficient (Wildman–Crippen LogP) is 13.2. The fraction of sp³-hybridized carbons (Fsp3) is 0. The zero-order valence-corrected chi connectivity index (χ0v) is 28.7. The molecule has 0 unspecified atom stereocenters. The van der Waals surface area contributed by atoms with Crippen LogP contribution in [0.15, 0.2) is 198 Å². The van der Waals surface area contributed by atoms with Gasteiger partial charge in [-0.15, -0.1) is 0 Å². The van der Waals surface area contributed by atoms with Crippen LogP contribution in [-0.2, 0) is 0 Å². The van der Waals surface area contributed by atoms with Crippen molar-refractivity contribution in [1.29, 1.82) is 0 Å². The molecule has 0 aliphatic rings. The van der Waals surface area contributed by atoms with Gasteiger partial charge in [-0.3, -0.25) is 0 Å². The van der Waals surface area contributed by atoms with Crippen LogP contribution >= 0.6 is 0 Å². The lowest BCUT2D eigenvalue weighted by Crippen LogP contribution is -2.01. The Morgan fingerprint density at radius 1 is 0.429 bits per heavy atom. The Morgan fingerprint density at radius 3 is 1.88 bits per heavy atom. The first-order chi connectivity index (χ1) is 35.7. The summed E-state index contributed by atoms with van der Waals surface area (Å²) in [5.74, 6) is -1.18. The third kappa shape index (κ3) is 5.37. The molecule has 8 aromatic carbocycles. The number of fused-ring (bicyclic) bond motifs is 6. The topological polar surface area (TPSA) is 56.7 Å². The van der Waals surface area contributed by atoms with Crippen molar-refractivity contribution in [3.05, 3.63) is 194 Å². The van der Waals surface area contributed by atoms with Gasteiger partial charge in [-0.25, -0.2) is 15.0 Å². The fourth-order valence-electron chi connectivity index (χ4n) is 6.74. The van der Waals surface area contributed by atoms with Crippen LogP contribution in [0, 0.1) is 0 Å². The lowest BCUT2D eigenvalue weighted by atomic mass is 9.98. The summed E-state index contributed by atoms with van der Waals surface area (Å²) in [5.41, 5.74) is 0.594. The van der Waals surface area contributed by atoms with Crippen LogP contribution in [-0.4, -0.2) is 19.5 Å². The summed E-state index contributed by atoms with van der Waals surface area (Å²) < 4.78 is 176. The molecule has 0 aliphatic heterocycles. The van der Waals surface area contributed by atoms with E-state index in [-0.39, 0.29) is 33.1 Å². The van der Waals surface area contributed by atoms with Crippen molar-refractivity contribution in [2.45, 2.75) is 0 Å². The number of nitrogens with zero attached hydrogens (tertiary/aromatic N) is 4. The Labute approximate surface area is 349 Å². The Hall–Kier alpha value is -7.63. The number of rotatable bonds is 6. The molecule has 11 aromatic rings. The van der Waals surface area contributed by atoms with Gasteiger partial charge in [-0.05, 0) is 64.6 Å². The standard InChI is InChI=1S/C51H32N4O/c1-3-13-33(14-4-1)36-15-11-16-37(31-36)34-25-27-35(28-26-34)49-52-50(54-51(53-49)44-22-12-21-43-42-20-8-10-24-47(42)56-48(43)44)38-29-30-41-40-19-7-9-23-45(40)55(46(41)32-38)39-17-5-2-6-18-39/h1-32H/i2D,5D,6D,7D,8D,9D,10D,12D,17D,18D,19D,20D,21D,22D,23D,24D,29D,30D,32D. The van der Waals surface area contributed by atoms with Crippen LogP contribution in [0.25, 0.3) is 106 Å². The van der Waals surface area contributed by atoms with E-state index in [2.05, 4.69) is 4.98 Å². The van der Waals surface area contributed by atoms with Gasteiger partial charge in [0, 0.05) is 38.4 Å². The molecule has 0 amide bonds. The van der Waals surface area contributed by atoms with Gasteiger partial charge in [0.1, 0.15) is 11.2 Å². The maximum Gasteiger partial charge on any atom is 0.167 e. The molecule has 5 nitrogen and oxygen atoms in total. The van der Waals surface area contributed by atoms with E-state index in [1.807, 2.05) is 54.6 Å². The van der Waals surface area contributed by atoms with Crippen molar-refractivity contribution in [2.75, 3.05) is 0 Å². The van der Waals surface area contributed by atoms with Crippen LogP contribution in [0.3, 0.4) is 0 Å². The third-order valence-corrected chi connectivity index (χ3v) is 9.33. The van der Waals surface area contributed by atoms with Crippen molar-refractivity contribution in [1.82, 2.24) is 19.5 Å². The first kappa shape index (κ1) is 18.1. The molecule has 0 saturated carbocycles. The molecule has 56 heavy (non-hydrogen) atoms.